The molecule has 0 aliphatic carbocycles. The number of carbonyl (C=O) groups is 2. The van der Waals surface area contributed by atoms with Crippen LogP contribution in [0.15, 0.2) is 18.2 Å². The zero-order valence-corrected chi connectivity index (χ0v) is 20.0. The third-order valence-corrected chi connectivity index (χ3v) is 5.68. The molecule has 0 aromatic heterocycles. The lowest BCUT2D eigenvalue weighted by Crippen LogP contribution is -3.28. The fraction of sp³-hybridized carbons (Fsp3) is 0.667. The van der Waals surface area contributed by atoms with Gasteiger partial charge in [0.1, 0.15) is 26.2 Å². The molecule has 1 aliphatic heterocycles. The second kappa shape index (κ2) is 9.92. The van der Waals surface area contributed by atoms with Gasteiger partial charge < -0.3 is 20.4 Å². The Hall–Kier alpha value is -1.92. The zero-order valence-electron chi connectivity index (χ0n) is 20.0. The van der Waals surface area contributed by atoms with Crippen molar-refractivity contribution >= 4 is 17.5 Å². The van der Waals surface area contributed by atoms with E-state index in [-0.39, 0.29) is 22.8 Å². The zero-order chi connectivity index (χ0) is 22.5. The largest absolute Gasteiger partial charge is 0.346 e. The van der Waals surface area contributed by atoms with E-state index < -0.39 is 0 Å². The summed E-state index contributed by atoms with van der Waals surface area (Å²) < 4.78 is 0. The van der Waals surface area contributed by atoms with Crippen LogP contribution < -0.4 is 20.4 Å². The molecule has 2 amide bonds. The number of hydrogen-bond donors (Lipinski definition) is 4. The summed E-state index contributed by atoms with van der Waals surface area (Å²) >= 11 is 0. The Labute approximate surface area is 182 Å². The third kappa shape index (κ3) is 8.07. The molecule has 30 heavy (non-hydrogen) atoms. The van der Waals surface area contributed by atoms with E-state index in [0.717, 1.165) is 49.4 Å². The standard InChI is InChI=1S/C24H40N4O2/c1-18-9-8-10-19(2)22(18)25-20(29)15-27-11-13-28(14-12-27)16-21(30)26-24(6,7)17-23(3,4)5/h8-10H,11-17H2,1-7H3,(H,25,29)(H,26,30)/p+2. The Kier molecular flexibility index (Phi) is 8.06. The van der Waals surface area contributed by atoms with Crippen LogP contribution in [0.2, 0.25) is 0 Å². The molecule has 0 bridgehead atoms. The molecule has 6 nitrogen and oxygen atoms in total. The summed E-state index contributed by atoms with van der Waals surface area (Å²) in [6.45, 7) is 19.5. The second-order valence-corrected chi connectivity index (χ2v) is 10.8. The molecule has 168 valence electrons. The van der Waals surface area contributed by atoms with Crippen molar-refractivity contribution in [3.8, 4) is 0 Å². The number of amides is 2. The first-order valence-electron chi connectivity index (χ1n) is 11.2. The fourth-order valence-corrected chi connectivity index (χ4v) is 4.75. The van der Waals surface area contributed by atoms with Crippen LogP contribution in [0.1, 0.15) is 52.2 Å². The minimum atomic E-state index is -0.201. The Morgan fingerprint density at radius 3 is 1.80 bits per heavy atom. The third-order valence-electron chi connectivity index (χ3n) is 5.68. The smallest absolute Gasteiger partial charge is 0.279 e. The van der Waals surface area contributed by atoms with E-state index in [1.54, 1.807) is 0 Å². The van der Waals surface area contributed by atoms with Crippen molar-refractivity contribution in [2.45, 2.75) is 60.4 Å². The number of quaternary nitrogens is 2. The van der Waals surface area contributed by atoms with Crippen LogP contribution in [0.5, 0.6) is 0 Å². The number of anilines is 1. The average molecular weight is 419 g/mol. The number of benzene rings is 1. The molecule has 1 saturated heterocycles. The van der Waals surface area contributed by atoms with Gasteiger partial charge in [-0.2, -0.15) is 0 Å². The van der Waals surface area contributed by atoms with Crippen LogP contribution in [0.25, 0.3) is 0 Å². The number of nitrogens with one attached hydrogen (secondary N) is 4. The van der Waals surface area contributed by atoms with Crippen LogP contribution >= 0.6 is 0 Å². The molecule has 0 radical (unpaired) electrons. The van der Waals surface area contributed by atoms with E-state index in [0.29, 0.717) is 13.1 Å². The molecule has 0 unspecified atom stereocenters. The van der Waals surface area contributed by atoms with Crippen molar-refractivity contribution in [3.05, 3.63) is 29.3 Å². The van der Waals surface area contributed by atoms with Gasteiger partial charge in [0.05, 0.1) is 0 Å². The Balaban J connectivity index is 1.75. The highest BCUT2D eigenvalue weighted by atomic mass is 16.2. The number of rotatable bonds is 7. The highest BCUT2D eigenvalue weighted by Gasteiger charge is 2.30. The van der Waals surface area contributed by atoms with E-state index >= 15 is 0 Å². The summed E-state index contributed by atoms with van der Waals surface area (Å²) in [5.41, 5.74) is 3.09. The minimum absolute atomic E-state index is 0.0625. The topological polar surface area (TPSA) is 67.1 Å². The van der Waals surface area contributed by atoms with E-state index in [4.69, 9.17) is 0 Å². The molecular formula is C24H42N4O2+2. The first kappa shape index (κ1) is 24.4. The van der Waals surface area contributed by atoms with E-state index in [2.05, 4.69) is 45.3 Å². The van der Waals surface area contributed by atoms with Crippen molar-refractivity contribution in [2.24, 2.45) is 5.41 Å². The van der Waals surface area contributed by atoms with Gasteiger partial charge in [-0.05, 0) is 50.7 Å². The van der Waals surface area contributed by atoms with E-state index in [1.165, 1.54) is 9.80 Å². The maximum absolute atomic E-state index is 12.5. The predicted molar refractivity (Wildman–Crippen MR) is 122 cm³/mol. The van der Waals surface area contributed by atoms with Crippen molar-refractivity contribution < 1.29 is 19.4 Å². The molecule has 0 atom stereocenters. The summed E-state index contributed by atoms with van der Waals surface area (Å²) in [7, 11) is 0. The first-order valence-corrected chi connectivity index (χ1v) is 11.2. The summed E-state index contributed by atoms with van der Waals surface area (Å²) in [5.74, 6) is 0.183. The molecular weight excluding hydrogens is 376 g/mol. The summed E-state index contributed by atoms with van der Waals surface area (Å²) in [6, 6.07) is 6.05. The van der Waals surface area contributed by atoms with Crippen LogP contribution in [0.4, 0.5) is 5.69 Å². The maximum atomic E-state index is 12.5. The van der Waals surface area contributed by atoms with Crippen molar-refractivity contribution in [1.82, 2.24) is 5.32 Å². The monoisotopic (exact) mass is 418 g/mol. The van der Waals surface area contributed by atoms with Gasteiger partial charge in [-0.3, -0.25) is 9.59 Å². The van der Waals surface area contributed by atoms with Gasteiger partial charge in [-0.25, -0.2) is 0 Å². The van der Waals surface area contributed by atoms with Gasteiger partial charge in [-0.1, -0.05) is 39.0 Å². The lowest BCUT2D eigenvalue weighted by atomic mass is 9.82. The molecule has 1 heterocycles. The van der Waals surface area contributed by atoms with Crippen molar-refractivity contribution in [3.63, 3.8) is 0 Å². The Bertz CT molecular complexity index is 724. The highest BCUT2D eigenvalue weighted by Crippen LogP contribution is 2.26. The lowest BCUT2D eigenvalue weighted by molar-refractivity contribution is -1.00. The molecule has 1 aliphatic rings. The number of carbonyl (C=O) groups excluding carboxylic acids is 2. The molecule has 0 spiro atoms. The van der Waals surface area contributed by atoms with Crippen LogP contribution in [-0.2, 0) is 9.59 Å². The number of piperazine rings is 1. The van der Waals surface area contributed by atoms with Crippen LogP contribution in [-0.4, -0.2) is 56.6 Å². The molecule has 1 aromatic carbocycles. The minimum Gasteiger partial charge on any atom is -0.346 e. The molecule has 4 N–H and O–H groups in total. The molecule has 1 aromatic rings. The highest BCUT2D eigenvalue weighted by molar-refractivity contribution is 5.93. The number of aryl methyl sites for hydroxylation is 2. The number of para-hydroxylation sites is 1. The Morgan fingerprint density at radius 2 is 1.33 bits per heavy atom. The van der Waals surface area contributed by atoms with E-state index in [1.807, 2.05) is 32.0 Å². The van der Waals surface area contributed by atoms with Gasteiger partial charge >= 0.3 is 0 Å². The van der Waals surface area contributed by atoms with E-state index in [9.17, 15) is 9.59 Å². The summed E-state index contributed by atoms with van der Waals surface area (Å²) in [4.78, 5) is 27.6. The van der Waals surface area contributed by atoms with Gasteiger partial charge in [0.2, 0.25) is 0 Å². The first-order chi connectivity index (χ1) is 13.8. The molecule has 1 fully saturated rings. The molecule has 2 rings (SSSR count). The van der Waals surface area contributed by atoms with Crippen LogP contribution in [0, 0.1) is 19.3 Å². The Morgan fingerprint density at radius 1 is 0.867 bits per heavy atom. The SMILES string of the molecule is Cc1cccc(C)c1NC(=O)C[NH+]1CC[NH+](CC(=O)NC(C)(C)CC(C)(C)C)CC1. The normalized spacial score (nSPS) is 20.0. The molecule has 0 saturated carbocycles. The summed E-state index contributed by atoms with van der Waals surface area (Å²) in [6.07, 6.45) is 0.939. The predicted octanol–water partition coefficient (Wildman–Crippen LogP) is 0.356. The fourth-order valence-electron chi connectivity index (χ4n) is 4.75. The van der Waals surface area contributed by atoms with Crippen LogP contribution in [0.3, 0.4) is 0 Å². The lowest BCUT2D eigenvalue weighted by Gasteiger charge is -2.34. The van der Waals surface area contributed by atoms with Crippen molar-refractivity contribution in [1.29, 1.82) is 0 Å². The van der Waals surface area contributed by atoms with Gasteiger partial charge in [0.15, 0.2) is 13.1 Å². The second-order valence-electron chi connectivity index (χ2n) is 10.8. The summed E-state index contributed by atoms with van der Waals surface area (Å²) in [5, 5.41) is 6.29. The van der Waals surface area contributed by atoms with Gasteiger partial charge in [-0.15, -0.1) is 0 Å². The maximum Gasteiger partial charge on any atom is 0.279 e. The van der Waals surface area contributed by atoms with Gasteiger partial charge in [0.25, 0.3) is 11.8 Å². The molecule has 6 heteroatoms. The van der Waals surface area contributed by atoms with Crippen molar-refractivity contribution in [2.75, 3.05) is 44.6 Å². The average Bonchev–Trinajstić information content (AvgIpc) is 2.57. The quantitative estimate of drug-likeness (QED) is 0.517. The van der Waals surface area contributed by atoms with Gasteiger partial charge in [0, 0.05) is 11.2 Å². The number of hydrogen-bond acceptors (Lipinski definition) is 2.